The summed E-state index contributed by atoms with van der Waals surface area (Å²) in [5.41, 5.74) is 0. The first-order chi connectivity index (χ1) is 8.78. The maximum absolute atomic E-state index is 12.1. The fraction of sp³-hybridized carbons (Fsp3) is 0.857. The number of hydrogen-bond acceptors (Lipinski definition) is 3. The molecule has 1 heterocycles. The second-order valence-corrected chi connectivity index (χ2v) is 7.98. The summed E-state index contributed by atoms with van der Waals surface area (Å²) >= 11 is 1.67. The molecular weight excluding hydrogens is 262 g/mol. The molecule has 0 aromatic carbocycles. The molecule has 1 fully saturated rings. The first kappa shape index (κ1) is 16.3. The van der Waals surface area contributed by atoms with Gasteiger partial charge in [0.25, 0.3) is 0 Å². The number of aliphatic carboxylic acids is 1. The Morgan fingerprint density at radius 1 is 1.37 bits per heavy atom. The Morgan fingerprint density at radius 3 is 2.63 bits per heavy atom. The molecule has 19 heavy (non-hydrogen) atoms. The normalized spacial score (nSPS) is 20.4. The molecular formula is C14H25NO3S. The molecule has 4 nitrogen and oxygen atoms in total. The molecule has 0 aliphatic carbocycles. The van der Waals surface area contributed by atoms with Crippen molar-refractivity contribution >= 4 is 23.6 Å². The molecule has 0 aromatic rings. The van der Waals surface area contributed by atoms with Crippen LogP contribution in [0.5, 0.6) is 0 Å². The van der Waals surface area contributed by atoms with Gasteiger partial charge in [-0.25, -0.2) is 0 Å². The molecule has 1 amide bonds. The molecule has 1 aliphatic rings. The molecule has 1 aliphatic heterocycles. The number of piperidine rings is 1. The van der Waals surface area contributed by atoms with Crippen LogP contribution in [-0.4, -0.2) is 45.5 Å². The van der Waals surface area contributed by atoms with Crippen molar-refractivity contribution in [3.63, 3.8) is 0 Å². The molecule has 0 spiro atoms. The average Bonchev–Trinajstić information content (AvgIpc) is 2.33. The van der Waals surface area contributed by atoms with Crippen LogP contribution in [0.2, 0.25) is 0 Å². The van der Waals surface area contributed by atoms with Crippen molar-refractivity contribution in [3.8, 4) is 0 Å². The van der Waals surface area contributed by atoms with Gasteiger partial charge < -0.3 is 10.0 Å². The fourth-order valence-electron chi connectivity index (χ4n) is 2.22. The Kier molecular flexibility index (Phi) is 6.17. The highest BCUT2D eigenvalue weighted by Crippen LogP contribution is 2.25. The molecule has 5 heteroatoms. The summed E-state index contributed by atoms with van der Waals surface area (Å²) in [5, 5.41) is 8.71. The number of thioether (sulfide) groups is 1. The van der Waals surface area contributed by atoms with E-state index >= 15 is 0 Å². The Balaban J connectivity index is 2.37. The lowest BCUT2D eigenvalue weighted by Gasteiger charge is -2.33. The van der Waals surface area contributed by atoms with E-state index in [0.717, 1.165) is 25.9 Å². The van der Waals surface area contributed by atoms with E-state index in [-0.39, 0.29) is 17.1 Å². The molecule has 0 bridgehead atoms. The highest BCUT2D eigenvalue weighted by atomic mass is 32.2. The van der Waals surface area contributed by atoms with Gasteiger partial charge in [0.1, 0.15) is 0 Å². The van der Waals surface area contributed by atoms with Crippen molar-refractivity contribution in [1.29, 1.82) is 0 Å². The van der Waals surface area contributed by atoms with Gasteiger partial charge in [-0.05, 0) is 25.2 Å². The van der Waals surface area contributed by atoms with E-state index in [1.54, 1.807) is 11.8 Å². The molecule has 0 saturated carbocycles. The van der Waals surface area contributed by atoms with Gasteiger partial charge in [-0.15, -0.1) is 11.8 Å². The summed E-state index contributed by atoms with van der Waals surface area (Å²) in [5.74, 6) is 0.329. The number of likely N-dealkylation sites (tertiary alicyclic amines) is 1. The highest BCUT2D eigenvalue weighted by Gasteiger charge is 2.25. The van der Waals surface area contributed by atoms with Gasteiger partial charge in [-0.2, -0.15) is 0 Å². The number of rotatable bonds is 5. The summed E-state index contributed by atoms with van der Waals surface area (Å²) in [6.07, 6.45) is 2.94. The summed E-state index contributed by atoms with van der Waals surface area (Å²) in [6.45, 7) is 7.88. The predicted octanol–water partition coefficient (Wildman–Crippen LogP) is 2.62. The van der Waals surface area contributed by atoms with Gasteiger partial charge in [0.05, 0.1) is 5.75 Å². The largest absolute Gasteiger partial charge is 0.481 e. The van der Waals surface area contributed by atoms with Crippen LogP contribution in [0.4, 0.5) is 0 Å². The second kappa shape index (κ2) is 7.17. The van der Waals surface area contributed by atoms with Gasteiger partial charge >= 0.3 is 5.97 Å². The third kappa shape index (κ3) is 6.85. The van der Waals surface area contributed by atoms with E-state index < -0.39 is 5.97 Å². The van der Waals surface area contributed by atoms with Gasteiger partial charge in [0.2, 0.25) is 5.91 Å². The van der Waals surface area contributed by atoms with E-state index in [2.05, 4.69) is 20.8 Å². The van der Waals surface area contributed by atoms with Crippen LogP contribution < -0.4 is 0 Å². The van der Waals surface area contributed by atoms with E-state index in [4.69, 9.17) is 5.11 Å². The number of hydrogen-bond donors (Lipinski definition) is 1. The zero-order chi connectivity index (χ0) is 14.5. The Bertz CT molecular complexity index is 325. The Morgan fingerprint density at radius 2 is 2.05 bits per heavy atom. The quantitative estimate of drug-likeness (QED) is 0.844. The van der Waals surface area contributed by atoms with Gasteiger partial charge in [0, 0.05) is 24.3 Å². The fourth-order valence-corrected chi connectivity index (χ4v) is 2.96. The molecule has 0 radical (unpaired) electrons. The lowest BCUT2D eigenvalue weighted by Crippen LogP contribution is -2.41. The standard InChI is InChI=1S/C14H25NO3S/c1-14(2,3)19-10-12(16)15-8-4-5-11(9-15)6-7-13(17)18/h11H,4-10H2,1-3H3,(H,17,18). The molecule has 1 saturated heterocycles. The third-order valence-corrected chi connectivity index (χ3v) is 4.52. The van der Waals surface area contributed by atoms with Gasteiger partial charge in [-0.3, -0.25) is 9.59 Å². The van der Waals surface area contributed by atoms with Crippen LogP contribution >= 0.6 is 11.8 Å². The van der Waals surface area contributed by atoms with Crippen LogP contribution in [0.15, 0.2) is 0 Å². The van der Waals surface area contributed by atoms with Crippen molar-refractivity contribution in [3.05, 3.63) is 0 Å². The topological polar surface area (TPSA) is 57.6 Å². The summed E-state index contributed by atoms with van der Waals surface area (Å²) in [6, 6.07) is 0. The lowest BCUT2D eigenvalue weighted by atomic mass is 9.93. The van der Waals surface area contributed by atoms with Crippen LogP contribution in [0.25, 0.3) is 0 Å². The minimum atomic E-state index is -0.744. The van der Waals surface area contributed by atoms with Crippen LogP contribution in [0.3, 0.4) is 0 Å². The van der Waals surface area contributed by atoms with Crippen molar-refractivity contribution in [2.75, 3.05) is 18.8 Å². The van der Waals surface area contributed by atoms with Crippen molar-refractivity contribution in [2.45, 2.75) is 51.2 Å². The van der Waals surface area contributed by atoms with Crippen LogP contribution in [0, 0.1) is 5.92 Å². The zero-order valence-corrected chi connectivity index (χ0v) is 13.0. The highest BCUT2D eigenvalue weighted by molar-refractivity contribution is 8.01. The van der Waals surface area contributed by atoms with E-state index in [1.165, 1.54) is 0 Å². The number of carbonyl (C=O) groups excluding carboxylic acids is 1. The smallest absolute Gasteiger partial charge is 0.303 e. The maximum atomic E-state index is 12.1. The molecule has 1 atom stereocenters. The SMILES string of the molecule is CC(C)(C)SCC(=O)N1CCCC(CCC(=O)O)C1. The lowest BCUT2D eigenvalue weighted by molar-refractivity contribution is -0.137. The number of carboxylic acids is 1. The summed E-state index contributed by atoms with van der Waals surface area (Å²) < 4.78 is 0.105. The number of amides is 1. The van der Waals surface area contributed by atoms with E-state index in [9.17, 15) is 9.59 Å². The van der Waals surface area contributed by atoms with Crippen molar-refractivity contribution in [1.82, 2.24) is 4.90 Å². The van der Waals surface area contributed by atoms with Crippen LogP contribution in [0.1, 0.15) is 46.5 Å². The molecule has 0 aromatic heterocycles. The van der Waals surface area contributed by atoms with Crippen molar-refractivity contribution < 1.29 is 14.7 Å². The predicted molar refractivity (Wildman–Crippen MR) is 78.4 cm³/mol. The van der Waals surface area contributed by atoms with E-state index in [1.807, 2.05) is 4.90 Å². The Hall–Kier alpha value is -0.710. The first-order valence-corrected chi connectivity index (χ1v) is 7.90. The molecule has 110 valence electrons. The second-order valence-electron chi connectivity index (χ2n) is 6.18. The van der Waals surface area contributed by atoms with Gasteiger partial charge in [-0.1, -0.05) is 20.8 Å². The summed E-state index contributed by atoms with van der Waals surface area (Å²) in [7, 11) is 0. The minimum absolute atomic E-state index is 0.105. The monoisotopic (exact) mass is 287 g/mol. The molecule has 1 rings (SSSR count). The average molecular weight is 287 g/mol. The number of nitrogens with zero attached hydrogens (tertiary/aromatic N) is 1. The minimum Gasteiger partial charge on any atom is -0.481 e. The third-order valence-electron chi connectivity index (χ3n) is 3.27. The van der Waals surface area contributed by atoms with Gasteiger partial charge in [0.15, 0.2) is 0 Å². The number of carbonyl (C=O) groups is 2. The Labute approximate surface area is 119 Å². The molecule has 1 N–H and O–H groups in total. The van der Waals surface area contributed by atoms with E-state index in [0.29, 0.717) is 18.1 Å². The van der Waals surface area contributed by atoms with Crippen molar-refractivity contribution in [2.24, 2.45) is 5.92 Å². The number of carboxylic acid groups (broad SMARTS) is 1. The first-order valence-electron chi connectivity index (χ1n) is 6.91. The zero-order valence-electron chi connectivity index (χ0n) is 12.1. The van der Waals surface area contributed by atoms with Crippen LogP contribution in [-0.2, 0) is 9.59 Å². The molecule has 1 unspecified atom stereocenters. The summed E-state index contributed by atoms with van der Waals surface area (Å²) in [4.78, 5) is 24.6. The maximum Gasteiger partial charge on any atom is 0.303 e.